The van der Waals surface area contributed by atoms with Gasteiger partial charge in [0.25, 0.3) is 0 Å². The number of hydrogen-bond acceptors (Lipinski definition) is 4. The highest BCUT2D eigenvalue weighted by Crippen LogP contribution is 2.22. The zero-order valence-corrected chi connectivity index (χ0v) is 15.1. The van der Waals surface area contributed by atoms with Gasteiger partial charge in [-0.2, -0.15) is 0 Å². The second kappa shape index (κ2) is 9.34. The maximum absolute atomic E-state index is 12.3. The highest BCUT2D eigenvalue weighted by atomic mass is 32.2. The van der Waals surface area contributed by atoms with Gasteiger partial charge in [0, 0.05) is 13.5 Å². The van der Waals surface area contributed by atoms with Gasteiger partial charge < -0.3 is 4.74 Å². The maximum atomic E-state index is 12.3. The molecule has 1 aromatic rings. The van der Waals surface area contributed by atoms with Crippen LogP contribution in [-0.2, 0) is 19.6 Å². The molecule has 25 heavy (non-hydrogen) atoms. The molecule has 0 amide bonds. The second-order valence-electron chi connectivity index (χ2n) is 5.68. The van der Waals surface area contributed by atoms with Crippen LogP contribution in [0.3, 0.4) is 0 Å². The van der Waals surface area contributed by atoms with E-state index in [1.54, 1.807) is 12.1 Å². The number of hydrogen-bond donors (Lipinski definition) is 1. The first-order valence-electron chi connectivity index (χ1n) is 8.25. The largest absolute Gasteiger partial charge is 0.466 e. The topological polar surface area (TPSA) is 72.5 Å². The lowest BCUT2D eigenvalue weighted by Gasteiger charge is -2.09. The molecule has 5 nitrogen and oxygen atoms in total. The molecule has 1 aromatic carbocycles. The van der Waals surface area contributed by atoms with Gasteiger partial charge in [-0.25, -0.2) is 13.1 Å². The molecule has 0 radical (unpaired) electrons. The summed E-state index contributed by atoms with van der Waals surface area (Å²) in [4.78, 5) is 10.9. The third kappa shape index (κ3) is 6.32. The summed E-state index contributed by atoms with van der Waals surface area (Å²) >= 11 is 0. The Balaban J connectivity index is 1.89. The fourth-order valence-corrected chi connectivity index (χ4v) is 3.45. The molecule has 0 aliphatic heterocycles. The van der Waals surface area contributed by atoms with Crippen LogP contribution in [0.4, 0.5) is 0 Å². The molecule has 0 atom stereocenters. The molecule has 0 heterocycles. The van der Waals surface area contributed by atoms with E-state index in [0.29, 0.717) is 26.0 Å². The van der Waals surface area contributed by atoms with Crippen LogP contribution >= 0.6 is 0 Å². The number of esters is 1. The Morgan fingerprint density at radius 1 is 1.12 bits per heavy atom. The Bertz CT molecular complexity index is 774. The van der Waals surface area contributed by atoms with Crippen molar-refractivity contribution in [2.75, 3.05) is 13.2 Å². The van der Waals surface area contributed by atoms with E-state index in [1.807, 2.05) is 36.4 Å². The number of rotatable bonds is 8. The average molecular weight is 361 g/mol. The lowest BCUT2D eigenvalue weighted by Crippen LogP contribution is -2.25. The number of carbonyl (C=O) groups is 1. The van der Waals surface area contributed by atoms with Gasteiger partial charge in [0.1, 0.15) is 0 Å². The normalized spacial score (nSPS) is 14.0. The van der Waals surface area contributed by atoms with Crippen molar-refractivity contribution in [2.45, 2.75) is 31.1 Å². The molecule has 0 spiro atoms. The number of benzene rings is 1. The summed E-state index contributed by atoms with van der Waals surface area (Å²) in [6, 6.07) is 6.90. The molecular weight excluding hydrogens is 338 g/mol. The monoisotopic (exact) mass is 361 g/mol. The first kappa shape index (κ1) is 19.1. The van der Waals surface area contributed by atoms with Crippen LogP contribution in [0, 0.1) is 0 Å². The van der Waals surface area contributed by atoms with Crippen LogP contribution in [0.25, 0.3) is 5.57 Å². The van der Waals surface area contributed by atoms with Crippen LogP contribution in [0.5, 0.6) is 0 Å². The summed E-state index contributed by atoms with van der Waals surface area (Å²) in [5.41, 5.74) is 2.16. The van der Waals surface area contributed by atoms with Crippen molar-refractivity contribution in [1.29, 1.82) is 0 Å². The SMILES string of the molecule is CC(=O)OCCCCNS(=O)(=O)c1ccc(C2=CC=CC=CC2)cc1. The summed E-state index contributed by atoms with van der Waals surface area (Å²) < 4.78 is 31.9. The molecule has 0 unspecified atom stereocenters. The van der Waals surface area contributed by atoms with Crippen molar-refractivity contribution in [3.63, 3.8) is 0 Å². The standard InChI is InChI=1S/C19H23NO4S/c1-16(21)24-15-7-6-14-20-25(22,23)19-12-10-18(11-13-19)17-8-4-2-3-5-9-17/h2-5,8,10-13,20H,6-7,9,14-15H2,1H3. The maximum Gasteiger partial charge on any atom is 0.302 e. The molecule has 0 fully saturated rings. The quantitative estimate of drug-likeness (QED) is 0.570. The van der Waals surface area contributed by atoms with E-state index in [-0.39, 0.29) is 10.9 Å². The Morgan fingerprint density at radius 2 is 1.88 bits per heavy atom. The van der Waals surface area contributed by atoms with Gasteiger partial charge in [-0.1, -0.05) is 42.5 Å². The van der Waals surface area contributed by atoms with Crippen LogP contribution < -0.4 is 4.72 Å². The zero-order valence-electron chi connectivity index (χ0n) is 14.3. The minimum Gasteiger partial charge on any atom is -0.466 e. The molecule has 0 aromatic heterocycles. The van der Waals surface area contributed by atoms with Crippen LogP contribution in [-0.4, -0.2) is 27.5 Å². The molecule has 1 N–H and O–H groups in total. The third-order valence-electron chi connectivity index (χ3n) is 3.70. The number of unbranched alkanes of at least 4 members (excludes halogenated alkanes) is 1. The smallest absolute Gasteiger partial charge is 0.302 e. The van der Waals surface area contributed by atoms with Crippen molar-refractivity contribution in [3.8, 4) is 0 Å². The summed E-state index contributed by atoms with van der Waals surface area (Å²) in [6.07, 6.45) is 12.1. The Labute approximate surface area is 149 Å². The van der Waals surface area contributed by atoms with E-state index in [4.69, 9.17) is 4.74 Å². The van der Waals surface area contributed by atoms with Crippen LogP contribution in [0.15, 0.2) is 59.5 Å². The first-order valence-corrected chi connectivity index (χ1v) is 9.73. The van der Waals surface area contributed by atoms with E-state index in [9.17, 15) is 13.2 Å². The molecule has 6 heteroatoms. The molecule has 1 aliphatic carbocycles. The van der Waals surface area contributed by atoms with Crippen LogP contribution in [0.1, 0.15) is 31.7 Å². The minimum absolute atomic E-state index is 0.247. The lowest BCUT2D eigenvalue weighted by atomic mass is 10.0. The van der Waals surface area contributed by atoms with Crippen LogP contribution in [0.2, 0.25) is 0 Å². The highest BCUT2D eigenvalue weighted by Gasteiger charge is 2.13. The molecule has 134 valence electrons. The van der Waals surface area contributed by atoms with E-state index < -0.39 is 10.0 Å². The number of sulfonamides is 1. The van der Waals surface area contributed by atoms with Gasteiger partial charge in [0.05, 0.1) is 11.5 Å². The Kier molecular flexibility index (Phi) is 7.16. The van der Waals surface area contributed by atoms with E-state index in [1.165, 1.54) is 6.92 Å². The van der Waals surface area contributed by atoms with Crippen molar-refractivity contribution < 1.29 is 17.9 Å². The van der Waals surface area contributed by atoms with Crippen molar-refractivity contribution in [1.82, 2.24) is 4.72 Å². The summed E-state index contributed by atoms with van der Waals surface area (Å²) in [6.45, 7) is 1.97. The molecule has 0 saturated heterocycles. The predicted molar refractivity (Wildman–Crippen MR) is 98.4 cm³/mol. The number of ether oxygens (including phenoxy) is 1. The number of allylic oxidation sites excluding steroid dienone is 6. The average Bonchev–Trinajstić information content (AvgIpc) is 2.87. The molecular formula is C19H23NO4S. The molecule has 1 aliphatic rings. The van der Waals surface area contributed by atoms with Crippen molar-refractivity contribution >= 4 is 21.6 Å². The first-order chi connectivity index (χ1) is 12.0. The van der Waals surface area contributed by atoms with E-state index >= 15 is 0 Å². The minimum atomic E-state index is -3.52. The van der Waals surface area contributed by atoms with E-state index in [2.05, 4.69) is 10.8 Å². The second-order valence-corrected chi connectivity index (χ2v) is 7.45. The van der Waals surface area contributed by atoms with Gasteiger partial charge in [-0.3, -0.25) is 4.79 Å². The Morgan fingerprint density at radius 3 is 2.60 bits per heavy atom. The fraction of sp³-hybridized carbons (Fsp3) is 0.316. The van der Waals surface area contributed by atoms with Gasteiger partial charge in [-0.05, 0) is 42.5 Å². The fourth-order valence-electron chi connectivity index (χ4n) is 2.37. The van der Waals surface area contributed by atoms with Crippen molar-refractivity contribution in [2.24, 2.45) is 0 Å². The van der Waals surface area contributed by atoms with Crippen molar-refractivity contribution in [3.05, 3.63) is 60.2 Å². The Hall–Kier alpha value is -2.18. The summed E-state index contributed by atoms with van der Waals surface area (Å²) in [7, 11) is -3.52. The summed E-state index contributed by atoms with van der Waals surface area (Å²) in [5.74, 6) is -0.324. The molecule has 2 rings (SSSR count). The summed E-state index contributed by atoms with van der Waals surface area (Å²) in [5, 5.41) is 0. The van der Waals surface area contributed by atoms with Gasteiger partial charge in [0.2, 0.25) is 10.0 Å². The van der Waals surface area contributed by atoms with Gasteiger partial charge in [-0.15, -0.1) is 0 Å². The predicted octanol–water partition coefficient (Wildman–Crippen LogP) is 3.21. The third-order valence-corrected chi connectivity index (χ3v) is 5.17. The lowest BCUT2D eigenvalue weighted by molar-refractivity contribution is -0.141. The van der Waals surface area contributed by atoms with Gasteiger partial charge in [0.15, 0.2) is 0 Å². The highest BCUT2D eigenvalue weighted by molar-refractivity contribution is 7.89. The number of nitrogens with one attached hydrogen (secondary N) is 1. The van der Waals surface area contributed by atoms with Gasteiger partial charge >= 0.3 is 5.97 Å². The molecule has 0 bridgehead atoms. The molecule has 0 saturated carbocycles. The van der Waals surface area contributed by atoms with E-state index in [0.717, 1.165) is 17.6 Å². The zero-order chi connectivity index (χ0) is 18.1. The number of carbonyl (C=O) groups excluding carboxylic acids is 1.